The van der Waals surface area contributed by atoms with Gasteiger partial charge in [-0.15, -0.1) is 0 Å². The van der Waals surface area contributed by atoms with Crippen molar-refractivity contribution in [1.82, 2.24) is 19.5 Å². The van der Waals surface area contributed by atoms with Gasteiger partial charge in [-0.1, -0.05) is 6.07 Å². The number of anilines is 2. The molecule has 0 radical (unpaired) electrons. The summed E-state index contributed by atoms with van der Waals surface area (Å²) >= 11 is 0. The van der Waals surface area contributed by atoms with E-state index >= 15 is 0 Å². The second kappa shape index (κ2) is 9.91. The van der Waals surface area contributed by atoms with Crippen LogP contribution in [-0.2, 0) is 9.47 Å². The van der Waals surface area contributed by atoms with Gasteiger partial charge >= 0.3 is 12.2 Å². The molecule has 1 aliphatic heterocycles. The Morgan fingerprint density at radius 3 is 2.27 bits per heavy atom. The van der Waals surface area contributed by atoms with Crippen LogP contribution < -0.4 is 9.80 Å². The Morgan fingerprint density at radius 2 is 1.62 bits per heavy atom. The molecule has 0 unspecified atom stereocenters. The molecule has 0 saturated carbocycles. The van der Waals surface area contributed by atoms with Gasteiger partial charge in [0.05, 0.1) is 23.1 Å². The summed E-state index contributed by atoms with van der Waals surface area (Å²) in [6.45, 7) is 13.6. The van der Waals surface area contributed by atoms with Crippen LogP contribution in [0.2, 0.25) is 0 Å². The molecule has 3 aromatic heterocycles. The van der Waals surface area contributed by atoms with Gasteiger partial charge in [0.15, 0.2) is 0 Å². The van der Waals surface area contributed by atoms with Crippen molar-refractivity contribution >= 4 is 29.2 Å². The quantitative estimate of drug-likeness (QED) is 0.501. The van der Waals surface area contributed by atoms with Gasteiger partial charge in [0.25, 0.3) is 0 Å². The number of nitrogens with zero attached hydrogens (tertiary/aromatic N) is 6. The number of carbonyl (C=O) groups is 2. The molecule has 4 rings (SSSR count). The first-order chi connectivity index (χ1) is 17.3. The highest BCUT2D eigenvalue weighted by Gasteiger charge is 2.27. The largest absolute Gasteiger partial charge is 0.444 e. The van der Waals surface area contributed by atoms with Gasteiger partial charge in [0, 0.05) is 45.0 Å². The highest BCUT2D eigenvalue weighted by molar-refractivity contribution is 5.90. The Balaban J connectivity index is 1.52. The number of ether oxygens (including phenoxy) is 2. The zero-order chi connectivity index (χ0) is 27.0. The van der Waals surface area contributed by atoms with Gasteiger partial charge < -0.3 is 19.3 Å². The fourth-order valence-corrected chi connectivity index (χ4v) is 4.01. The van der Waals surface area contributed by atoms with Gasteiger partial charge in [0.1, 0.15) is 17.0 Å². The number of hydrogen-bond donors (Lipinski definition) is 0. The van der Waals surface area contributed by atoms with Crippen molar-refractivity contribution in [3.63, 3.8) is 0 Å². The van der Waals surface area contributed by atoms with Crippen LogP contribution >= 0.6 is 0 Å². The molecule has 0 spiro atoms. The SMILES string of the molecule is CN(C(=O)OC(C)(C)C)c1ccn2ncc(-c3cccc(N4CCN(C(=O)OC(C)(C)C)CC4)n3)c2c1. The topological polar surface area (TPSA) is 92.5 Å². The van der Waals surface area contributed by atoms with E-state index in [0.717, 1.165) is 22.6 Å². The molecular formula is C27H36N6O4. The molecule has 1 fully saturated rings. The third-order valence-corrected chi connectivity index (χ3v) is 5.83. The zero-order valence-electron chi connectivity index (χ0n) is 22.7. The number of amides is 2. The third-order valence-electron chi connectivity index (χ3n) is 5.83. The first-order valence-corrected chi connectivity index (χ1v) is 12.5. The second-order valence-corrected chi connectivity index (χ2v) is 11.1. The lowest BCUT2D eigenvalue weighted by Gasteiger charge is -2.36. The molecule has 1 saturated heterocycles. The summed E-state index contributed by atoms with van der Waals surface area (Å²) in [6.07, 6.45) is 2.88. The zero-order valence-corrected chi connectivity index (χ0v) is 22.7. The predicted octanol–water partition coefficient (Wildman–Crippen LogP) is 4.82. The van der Waals surface area contributed by atoms with E-state index in [0.29, 0.717) is 31.9 Å². The summed E-state index contributed by atoms with van der Waals surface area (Å²) in [5, 5.41) is 4.47. The number of fused-ring (bicyclic) bond motifs is 1. The summed E-state index contributed by atoms with van der Waals surface area (Å²) in [6, 6.07) is 9.61. The van der Waals surface area contributed by atoms with Crippen LogP contribution in [-0.4, -0.2) is 76.1 Å². The van der Waals surface area contributed by atoms with Crippen LogP contribution in [0.4, 0.5) is 21.1 Å². The molecule has 0 N–H and O–H groups in total. The minimum Gasteiger partial charge on any atom is -0.444 e. The molecular weight excluding hydrogens is 472 g/mol. The van der Waals surface area contributed by atoms with Crippen molar-refractivity contribution in [2.75, 3.05) is 43.0 Å². The first kappa shape index (κ1) is 26.2. The van der Waals surface area contributed by atoms with Gasteiger partial charge in [-0.3, -0.25) is 4.90 Å². The minimum absolute atomic E-state index is 0.285. The van der Waals surface area contributed by atoms with Crippen molar-refractivity contribution in [2.24, 2.45) is 0 Å². The lowest BCUT2D eigenvalue weighted by molar-refractivity contribution is 0.0240. The van der Waals surface area contributed by atoms with Gasteiger partial charge in [0.2, 0.25) is 0 Å². The molecule has 10 heteroatoms. The molecule has 0 aromatic carbocycles. The van der Waals surface area contributed by atoms with Crippen molar-refractivity contribution < 1.29 is 19.1 Å². The highest BCUT2D eigenvalue weighted by atomic mass is 16.6. The van der Waals surface area contributed by atoms with E-state index in [-0.39, 0.29) is 6.09 Å². The number of hydrogen-bond acceptors (Lipinski definition) is 7. The van der Waals surface area contributed by atoms with Crippen molar-refractivity contribution in [3.05, 3.63) is 42.7 Å². The molecule has 4 heterocycles. The summed E-state index contributed by atoms with van der Waals surface area (Å²) in [4.78, 5) is 35.3. The highest BCUT2D eigenvalue weighted by Crippen LogP contribution is 2.28. The molecule has 37 heavy (non-hydrogen) atoms. The maximum Gasteiger partial charge on any atom is 0.414 e. The van der Waals surface area contributed by atoms with Crippen LogP contribution in [0.3, 0.4) is 0 Å². The maximum atomic E-state index is 12.6. The van der Waals surface area contributed by atoms with Crippen LogP contribution in [0.1, 0.15) is 41.5 Å². The van der Waals surface area contributed by atoms with Crippen molar-refractivity contribution in [3.8, 4) is 11.3 Å². The van der Waals surface area contributed by atoms with Crippen molar-refractivity contribution in [2.45, 2.75) is 52.7 Å². The lowest BCUT2D eigenvalue weighted by atomic mass is 10.1. The van der Waals surface area contributed by atoms with E-state index in [2.05, 4.69) is 10.00 Å². The van der Waals surface area contributed by atoms with E-state index in [4.69, 9.17) is 14.5 Å². The summed E-state index contributed by atoms with van der Waals surface area (Å²) in [5.41, 5.74) is 2.05. The van der Waals surface area contributed by atoms with Crippen LogP contribution in [0.25, 0.3) is 16.8 Å². The molecule has 0 atom stereocenters. The Morgan fingerprint density at radius 1 is 0.946 bits per heavy atom. The van der Waals surface area contributed by atoms with E-state index in [9.17, 15) is 9.59 Å². The molecule has 3 aromatic rings. The Bertz CT molecular complexity index is 1280. The molecule has 0 bridgehead atoms. The number of rotatable bonds is 3. The van der Waals surface area contributed by atoms with Gasteiger partial charge in [-0.05, 0) is 65.8 Å². The second-order valence-electron chi connectivity index (χ2n) is 11.1. The normalized spacial score (nSPS) is 14.6. The number of pyridine rings is 2. The Hall–Kier alpha value is -3.82. The average molecular weight is 509 g/mol. The van der Waals surface area contributed by atoms with E-state index in [1.165, 1.54) is 4.90 Å². The molecule has 1 aliphatic rings. The van der Waals surface area contributed by atoms with Crippen molar-refractivity contribution in [1.29, 1.82) is 0 Å². The van der Waals surface area contributed by atoms with E-state index in [1.54, 1.807) is 22.7 Å². The average Bonchev–Trinajstić information content (AvgIpc) is 3.25. The van der Waals surface area contributed by atoms with Gasteiger partial charge in [-0.25, -0.2) is 19.1 Å². The number of aromatic nitrogens is 3. The first-order valence-electron chi connectivity index (χ1n) is 12.5. The Kier molecular flexibility index (Phi) is 7.03. The third kappa shape index (κ3) is 6.31. The van der Waals surface area contributed by atoms with E-state index < -0.39 is 17.3 Å². The van der Waals surface area contributed by atoms with Crippen LogP contribution in [0.5, 0.6) is 0 Å². The summed E-state index contributed by atoms with van der Waals surface area (Å²) in [5.74, 6) is 0.836. The summed E-state index contributed by atoms with van der Waals surface area (Å²) in [7, 11) is 1.69. The number of carbonyl (C=O) groups excluding carboxylic acids is 2. The van der Waals surface area contributed by atoms with Gasteiger partial charge in [-0.2, -0.15) is 5.10 Å². The fraction of sp³-hybridized carbons (Fsp3) is 0.481. The monoisotopic (exact) mass is 508 g/mol. The maximum absolute atomic E-state index is 12.6. The molecule has 10 nitrogen and oxygen atoms in total. The molecule has 198 valence electrons. The van der Waals surface area contributed by atoms with Crippen LogP contribution in [0.15, 0.2) is 42.7 Å². The molecule has 0 aliphatic carbocycles. The standard InChI is InChI=1S/C27H36N6O4/c1-26(2,3)36-24(34)30(7)19-11-12-33-22(17-19)20(18-28-33)21-9-8-10-23(29-21)31-13-15-32(16-14-31)25(35)37-27(4,5)6/h8-12,17-18H,13-16H2,1-7H3. The minimum atomic E-state index is -0.583. The lowest BCUT2D eigenvalue weighted by Crippen LogP contribution is -2.50. The van der Waals surface area contributed by atoms with Crippen LogP contribution in [0, 0.1) is 0 Å². The smallest absolute Gasteiger partial charge is 0.414 e. The fourth-order valence-electron chi connectivity index (χ4n) is 4.01. The van der Waals surface area contributed by atoms with E-state index in [1.807, 2.05) is 78.1 Å². The number of piperazine rings is 1. The summed E-state index contributed by atoms with van der Waals surface area (Å²) < 4.78 is 12.8. The Labute approximate surface area is 217 Å². The predicted molar refractivity (Wildman–Crippen MR) is 143 cm³/mol. The molecule has 2 amide bonds.